The first-order valence-corrected chi connectivity index (χ1v) is 17.8. The van der Waals surface area contributed by atoms with Crippen molar-refractivity contribution in [3.63, 3.8) is 0 Å². The maximum Gasteiger partial charge on any atom is 0.339 e. The lowest BCUT2D eigenvalue weighted by Gasteiger charge is -2.61. The molecule has 1 aliphatic heterocycles. The Morgan fingerprint density at radius 2 is 1.49 bits per heavy atom. The van der Waals surface area contributed by atoms with Gasteiger partial charge in [0.2, 0.25) is 0 Å². The smallest absolute Gasteiger partial charge is 0.339 e. The van der Waals surface area contributed by atoms with Crippen molar-refractivity contribution in [1.82, 2.24) is 0 Å². The predicted octanol–water partition coefficient (Wildman–Crippen LogP) is 1.94. The average molecular weight is 725 g/mol. The van der Waals surface area contributed by atoms with Gasteiger partial charge in [-0.05, 0) is 68.1 Å². The van der Waals surface area contributed by atoms with Gasteiger partial charge >= 0.3 is 29.8 Å². The summed E-state index contributed by atoms with van der Waals surface area (Å²) < 4.78 is 38.8. The van der Waals surface area contributed by atoms with E-state index in [4.69, 9.17) is 33.2 Å². The number of hydrogen-bond acceptors (Lipinski definition) is 15. The Labute approximate surface area is 297 Å². The van der Waals surface area contributed by atoms with Gasteiger partial charge in [0, 0.05) is 45.4 Å². The summed E-state index contributed by atoms with van der Waals surface area (Å²) in [6.07, 6.45) is -4.87. The van der Waals surface area contributed by atoms with E-state index in [2.05, 4.69) is 6.92 Å². The van der Waals surface area contributed by atoms with Gasteiger partial charge in [-0.1, -0.05) is 13.8 Å². The summed E-state index contributed by atoms with van der Waals surface area (Å²) in [5.41, 5.74) is -2.83. The van der Waals surface area contributed by atoms with Crippen LogP contribution in [0.25, 0.3) is 0 Å². The summed E-state index contributed by atoms with van der Waals surface area (Å²) in [5.74, 6) is -3.95. The van der Waals surface area contributed by atoms with E-state index in [9.17, 15) is 39.0 Å². The van der Waals surface area contributed by atoms with Gasteiger partial charge < -0.3 is 43.4 Å². The van der Waals surface area contributed by atoms with Crippen molar-refractivity contribution < 1.29 is 72.1 Å². The average Bonchev–Trinajstić information content (AvgIpc) is 3.31. The predicted molar refractivity (Wildman–Crippen MR) is 172 cm³/mol. The van der Waals surface area contributed by atoms with E-state index >= 15 is 0 Å². The topological polar surface area (TPSA) is 207 Å². The highest BCUT2D eigenvalue weighted by molar-refractivity contribution is 5.84. The highest BCUT2D eigenvalue weighted by Crippen LogP contribution is 2.68. The number of aliphatic hydroxyl groups is 2. The van der Waals surface area contributed by atoms with Crippen LogP contribution < -0.4 is 0 Å². The Morgan fingerprint density at radius 1 is 0.863 bits per heavy atom. The lowest BCUT2D eigenvalue weighted by atomic mass is 9.44. The minimum absolute atomic E-state index is 0.00320. The Balaban J connectivity index is 1.35. The highest BCUT2D eigenvalue weighted by atomic mass is 16.7. The third kappa shape index (κ3) is 7.15. The summed E-state index contributed by atoms with van der Waals surface area (Å²) >= 11 is 0. The van der Waals surface area contributed by atoms with Crippen LogP contribution in [0.1, 0.15) is 92.9 Å². The van der Waals surface area contributed by atoms with Gasteiger partial charge in [-0.3, -0.25) is 24.0 Å². The zero-order valence-electron chi connectivity index (χ0n) is 30.4. The fourth-order valence-corrected chi connectivity index (χ4v) is 10.5. The van der Waals surface area contributed by atoms with Crippen molar-refractivity contribution in [1.29, 1.82) is 0 Å². The van der Waals surface area contributed by atoms with Crippen LogP contribution in [0.2, 0.25) is 0 Å². The molecule has 0 bridgehead atoms. The fraction of sp³-hybridized carbons (Fsp3) is 0.833. The number of rotatable bonds is 9. The van der Waals surface area contributed by atoms with E-state index in [0.29, 0.717) is 32.1 Å². The maximum absolute atomic E-state index is 14.2. The lowest BCUT2D eigenvalue weighted by Crippen LogP contribution is -2.65. The molecule has 5 fully saturated rings. The molecule has 5 aliphatic rings. The molecule has 0 radical (unpaired) electrons. The molecule has 0 aromatic rings. The minimum Gasteiger partial charge on any atom is -0.467 e. The number of aliphatic hydroxyl groups excluding tert-OH is 1. The molecule has 15 nitrogen and oxygen atoms in total. The van der Waals surface area contributed by atoms with Crippen LogP contribution in [0, 0.1) is 34.5 Å². The van der Waals surface area contributed by atoms with Gasteiger partial charge in [-0.2, -0.15) is 0 Å². The number of carbonyl (C=O) groups excluding carboxylic acids is 6. The summed E-state index contributed by atoms with van der Waals surface area (Å²) in [6, 6.07) is 0. The molecule has 14 atom stereocenters. The monoisotopic (exact) mass is 724 g/mol. The molecule has 0 amide bonds. The van der Waals surface area contributed by atoms with E-state index in [0.717, 1.165) is 40.7 Å². The fourth-order valence-electron chi connectivity index (χ4n) is 10.5. The number of fused-ring (bicyclic) bond motifs is 5. The second-order valence-electron chi connectivity index (χ2n) is 15.6. The van der Waals surface area contributed by atoms with Crippen LogP contribution in [-0.4, -0.2) is 108 Å². The van der Waals surface area contributed by atoms with E-state index < -0.39 is 83.8 Å². The van der Waals surface area contributed by atoms with Gasteiger partial charge in [-0.15, -0.1) is 0 Å². The summed E-state index contributed by atoms with van der Waals surface area (Å²) in [7, 11) is 1.12. The molecule has 15 heteroatoms. The van der Waals surface area contributed by atoms with Crippen LogP contribution in [0.15, 0.2) is 0 Å². The molecule has 0 spiro atoms. The van der Waals surface area contributed by atoms with Crippen LogP contribution in [0.4, 0.5) is 0 Å². The number of methoxy groups -OCH3 is 1. The first-order valence-electron chi connectivity index (χ1n) is 17.8. The molecular weight excluding hydrogens is 672 g/mol. The molecule has 0 unspecified atom stereocenters. The van der Waals surface area contributed by atoms with Gasteiger partial charge in [0.15, 0.2) is 30.7 Å². The maximum atomic E-state index is 14.2. The molecule has 286 valence electrons. The van der Waals surface area contributed by atoms with Crippen molar-refractivity contribution in [3.8, 4) is 0 Å². The number of Topliss-reactive ketones (excluding diaryl/α,β-unsaturated/α-hetero) is 1. The third-order valence-corrected chi connectivity index (χ3v) is 12.7. The number of ketones is 1. The Morgan fingerprint density at radius 3 is 2.10 bits per heavy atom. The van der Waals surface area contributed by atoms with Gasteiger partial charge in [0.05, 0.1) is 18.8 Å². The molecule has 4 aliphatic carbocycles. The Kier molecular flexibility index (Phi) is 11.3. The van der Waals surface area contributed by atoms with Crippen molar-refractivity contribution in [2.24, 2.45) is 34.5 Å². The number of carbonyl (C=O) groups is 6. The highest BCUT2D eigenvalue weighted by Gasteiger charge is 2.69. The Hall–Kier alpha value is -3.14. The van der Waals surface area contributed by atoms with Crippen molar-refractivity contribution in [3.05, 3.63) is 0 Å². The molecule has 1 saturated heterocycles. The van der Waals surface area contributed by atoms with E-state index in [-0.39, 0.29) is 47.9 Å². The minimum atomic E-state index is -1.57. The van der Waals surface area contributed by atoms with Crippen molar-refractivity contribution in [2.45, 2.75) is 141 Å². The normalized spacial score (nSPS) is 42.3. The summed E-state index contributed by atoms with van der Waals surface area (Å²) in [6.45, 7) is 8.31. The van der Waals surface area contributed by atoms with Crippen molar-refractivity contribution >= 4 is 35.6 Å². The molecule has 0 aromatic carbocycles. The van der Waals surface area contributed by atoms with Crippen LogP contribution >= 0.6 is 0 Å². The van der Waals surface area contributed by atoms with E-state index in [1.807, 2.05) is 6.92 Å². The largest absolute Gasteiger partial charge is 0.467 e. The summed E-state index contributed by atoms with van der Waals surface area (Å²) in [4.78, 5) is 75.0. The molecule has 2 N–H and O–H groups in total. The first-order chi connectivity index (χ1) is 23.9. The standard InChI is InChI=1S/C36H52O15/c1-17(37)46-16-26(42)36(44)13-11-24-23-9-8-21-14-22(10-12-34(21,5)27(23)25(41)15-35(24,36)6)50-33-31(49-20(4)40)29(48-19(3)39)28(47-18(2)38)30(51-33)32(43)45-7/h21-24,26-31,33,42,44H,8-16H2,1-7H3/t21-,22-,23+,24-,26+,27-,28+,29+,30-,31-,33-,34-,35-,36+/m1/s1. The van der Waals surface area contributed by atoms with Gasteiger partial charge in [0.1, 0.15) is 18.5 Å². The van der Waals surface area contributed by atoms with Gasteiger partial charge in [-0.25, -0.2) is 4.79 Å². The van der Waals surface area contributed by atoms with Crippen LogP contribution in [0.3, 0.4) is 0 Å². The molecule has 51 heavy (non-hydrogen) atoms. The lowest BCUT2D eigenvalue weighted by molar-refractivity contribution is -0.314. The molecular formula is C36H52O15. The Bertz CT molecular complexity index is 1400. The summed E-state index contributed by atoms with van der Waals surface area (Å²) in [5, 5.41) is 22.9. The van der Waals surface area contributed by atoms with E-state index in [1.54, 1.807) is 0 Å². The number of ether oxygens (including phenoxy) is 7. The molecule has 4 saturated carbocycles. The number of hydrogen-bond donors (Lipinski definition) is 2. The van der Waals surface area contributed by atoms with Crippen LogP contribution in [-0.2, 0) is 61.9 Å². The molecule has 5 rings (SSSR count). The quantitative estimate of drug-likeness (QED) is 0.198. The molecule has 0 aromatic heterocycles. The second kappa shape index (κ2) is 14.7. The SMILES string of the molecule is COC(=O)[C@@H]1O[C@@H](O[C@@H]2CC[C@]3(C)[C@H](CC[C@H]4[C@H]5CC[C@](O)([C@@H](O)COC(C)=O)[C@]5(C)CC(=O)[C@@H]43)C2)[C@H](OC(C)=O)[C@@H](OC(C)=O)[C@@H]1OC(C)=O. The number of esters is 5. The zero-order valence-corrected chi connectivity index (χ0v) is 30.4. The van der Waals surface area contributed by atoms with Crippen LogP contribution in [0.5, 0.6) is 0 Å². The van der Waals surface area contributed by atoms with Crippen molar-refractivity contribution in [2.75, 3.05) is 13.7 Å². The third-order valence-electron chi connectivity index (χ3n) is 12.7. The van der Waals surface area contributed by atoms with E-state index in [1.165, 1.54) is 6.92 Å². The molecule has 1 heterocycles. The zero-order chi connectivity index (χ0) is 37.6. The first kappa shape index (κ1) is 39.1. The second-order valence-corrected chi connectivity index (χ2v) is 15.6. The van der Waals surface area contributed by atoms with Gasteiger partial charge in [0.25, 0.3) is 0 Å².